The Balaban J connectivity index is 1.89. The summed E-state index contributed by atoms with van der Waals surface area (Å²) in [6.45, 7) is 4.69. The third kappa shape index (κ3) is 3.69. The van der Waals surface area contributed by atoms with Crippen LogP contribution in [0.5, 0.6) is 0 Å². The number of aryl methyl sites for hydroxylation is 1. The molecule has 0 aliphatic rings. The van der Waals surface area contributed by atoms with Crippen molar-refractivity contribution in [2.24, 2.45) is 0 Å². The first-order valence-electron chi connectivity index (χ1n) is 8.89. The molecule has 8 heteroatoms. The van der Waals surface area contributed by atoms with E-state index in [9.17, 15) is 19.2 Å². The van der Waals surface area contributed by atoms with Crippen LogP contribution in [-0.2, 0) is 9.47 Å². The number of methoxy groups -OCH3 is 1. The molecule has 0 fully saturated rings. The van der Waals surface area contributed by atoms with Crippen LogP contribution in [0.2, 0.25) is 0 Å². The number of esters is 2. The number of hydrogen-bond acceptors (Lipinski definition) is 6. The molecule has 2 N–H and O–H groups in total. The zero-order valence-electron chi connectivity index (χ0n) is 16.4. The van der Waals surface area contributed by atoms with Gasteiger partial charge in [-0.2, -0.15) is 0 Å². The standard InChI is InChI=1S/C21H20N2O6/c1-10-17(21(27)28-4)11(2)22-18(10)19(25)12(3)29-20(26)14-9-16(24)23-15-8-6-5-7-13(14)15/h5-9,12,22H,1-4H3,(H,23,24). The van der Waals surface area contributed by atoms with Crippen molar-refractivity contribution in [3.05, 3.63) is 68.8 Å². The topological polar surface area (TPSA) is 118 Å². The van der Waals surface area contributed by atoms with Gasteiger partial charge in [0.1, 0.15) is 0 Å². The van der Waals surface area contributed by atoms with Crippen molar-refractivity contribution in [3.63, 3.8) is 0 Å². The van der Waals surface area contributed by atoms with Crippen molar-refractivity contribution in [2.45, 2.75) is 26.9 Å². The number of ether oxygens (including phenoxy) is 2. The molecule has 0 aliphatic heterocycles. The van der Waals surface area contributed by atoms with Crippen LogP contribution in [0.1, 0.15) is 49.4 Å². The van der Waals surface area contributed by atoms with Gasteiger partial charge in [-0.25, -0.2) is 9.59 Å². The molecule has 3 rings (SSSR count). The summed E-state index contributed by atoms with van der Waals surface area (Å²) in [5, 5.41) is 0.511. The average molecular weight is 396 g/mol. The van der Waals surface area contributed by atoms with E-state index in [4.69, 9.17) is 9.47 Å². The van der Waals surface area contributed by atoms with E-state index >= 15 is 0 Å². The molecule has 2 aromatic heterocycles. The minimum Gasteiger partial charge on any atom is -0.465 e. The Morgan fingerprint density at radius 3 is 2.41 bits per heavy atom. The minimum absolute atomic E-state index is 0.0682. The SMILES string of the molecule is COC(=O)c1c(C)[nH]c(C(=O)C(C)OC(=O)c2cc(=O)[nH]c3ccccc23)c1C. The summed E-state index contributed by atoms with van der Waals surface area (Å²) in [6, 6.07) is 7.94. The van der Waals surface area contributed by atoms with E-state index in [-0.39, 0.29) is 16.8 Å². The van der Waals surface area contributed by atoms with Crippen molar-refractivity contribution in [3.8, 4) is 0 Å². The highest BCUT2D eigenvalue weighted by Gasteiger charge is 2.28. The van der Waals surface area contributed by atoms with Crippen LogP contribution in [0.3, 0.4) is 0 Å². The van der Waals surface area contributed by atoms with Gasteiger partial charge in [0.25, 0.3) is 0 Å². The summed E-state index contributed by atoms with van der Waals surface area (Å²) in [5.41, 5.74) is 1.45. The van der Waals surface area contributed by atoms with E-state index in [0.717, 1.165) is 6.07 Å². The summed E-state index contributed by atoms with van der Waals surface area (Å²) in [5.74, 6) is -1.85. The van der Waals surface area contributed by atoms with Crippen LogP contribution in [0.15, 0.2) is 35.1 Å². The molecule has 0 amide bonds. The number of Topliss-reactive ketones (excluding diaryl/α,β-unsaturated/α-hetero) is 1. The Morgan fingerprint density at radius 1 is 1.03 bits per heavy atom. The minimum atomic E-state index is -1.14. The Labute approximate surface area is 165 Å². The Bertz CT molecular complexity index is 1190. The lowest BCUT2D eigenvalue weighted by Gasteiger charge is -2.13. The number of ketones is 1. The van der Waals surface area contributed by atoms with Crippen molar-refractivity contribution in [1.82, 2.24) is 9.97 Å². The molecule has 0 bridgehead atoms. The van der Waals surface area contributed by atoms with E-state index in [0.29, 0.717) is 22.2 Å². The van der Waals surface area contributed by atoms with Gasteiger partial charge in [-0.05, 0) is 32.4 Å². The number of benzene rings is 1. The molecule has 1 atom stereocenters. The zero-order valence-corrected chi connectivity index (χ0v) is 16.4. The maximum Gasteiger partial charge on any atom is 0.339 e. The smallest absolute Gasteiger partial charge is 0.339 e. The molecule has 1 aromatic carbocycles. The fourth-order valence-electron chi connectivity index (χ4n) is 3.26. The monoisotopic (exact) mass is 396 g/mol. The number of aromatic amines is 2. The number of para-hydroxylation sites is 1. The Kier molecular flexibility index (Phi) is 5.36. The molecule has 0 aliphatic carbocycles. The van der Waals surface area contributed by atoms with Gasteiger partial charge in [-0.15, -0.1) is 0 Å². The van der Waals surface area contributed by atoms with Crippen molar-refractivity contribution in [2.75, 3.05) is 7.11 Å². The van der Waals surface area contributed by atoms with Crippen LogP contribution in [0.4, 0.5) is 0 Å². The molecule has 3 aromatic rings. The summed E-state index contributed by atoms with van der Waals surface area (Å²) in [6.07, 6.45) is -1.14. The summed E-state index contributed by atoms with van der Waals surface area (Å²) >= 11 is 0. The maximum atomic E-state index is 12.8. The van der Waals surface area contributed by atoms with E-state index < -0.39 is 29.4 Å². The number of hydrogen-bond donors (Lipinski definition) is 2. The highest BCUT2D eigenvalue weighted by Crippen LogP contribution is 2.22. The number of pyridine rings is 1. The lowest BCUT2D eigenvalue weighted by atomic mass is 10.1. The average Bonchev–Trinajstić information content (AvgIpc) is 2.99. The second kappa shape index (κ2) is 7.75. The lowest BCUT2D eigenvalue weighted by molar-refractivity contribution is 0.0318. The molecule has 150 valence electrons. The number of carbonyl (C=O) groups excluding carboxylic acids is 3. The number of rotatable bonds is 5. The van der Waals surface area contributed by atoms with Gasteiger partial charge >= 0.3 is 11.9 Å². The number of fused-ring (bicyclic) bond motifs is 1. The number of aromatic nitrogens is 2. The third-order valence-corrected chi connectivity index (χ3v) is 4.70. The Hall–Kier alpha value is -3.68. The van der Waals surface area contributed by atoms with Gasteiger partial charge < -0.3 is 19.4 Å². The highest BCUT2D eigenvalue weighted by molar-refractivity contribution is 6.07. The Morgan fingerprint density at radius 2 is 1.72 bits per heavy atom. The quantitative estimate of drug-likeness (QED) is 0.506. The van der Waals surface area contributed by atoms with Crippen molar-refractivity contribution in [1.29, 1.82) is 0 Å². The largest absolute Gasteiger partial charge is 0.465 e. The summed E-state index contributed by atoms with van der Waals surface area (Å²) < 4.78 is 10.1. The predicted molar refractivity (Wildman–Crippen MR) is 105 cm³/mol. The second-order valence-corrected chi connectivity index (χ2v) is 6.62. The third-order valence-electron chi connectivity index (χ3n) is 4.70. The van der Waals surface area contributed by atoms with Crippen LogP contribution in [-0.4, -0.2) is 40.9 Å². The molecule has 2 heterocycles. The van der Waals surface area contributed by atoms with Crippen molar-refractivity contribution >= 4 is 28.6 Å². The van der Waals surface area contributed by atoms with Gasteiger partial charge in [0, 0.05) is 22.7 Å². The summed E-state index contributed by atoms with van der Waals surface area (Å²) in [4.78, 5) is 54.7. The van der Waals surface area contributed by atoms with Crippen LogP contribution in [0, 0.1) is 13.8 Å². The molecular weight excluding hydrogens is 376 g/mol. The molecule has 0 spiro atoms. The van der Waals surface area contributed by atoms with Gasteiger partial charge in [-0.3, -0.25) is 9.59 Å². The van der Waals surface area contributed by atoms with E-state index in [1.807, 2.05) is 0 Å². The van der Waals surface area contributed by atoms with E-state index in [1.54, 1.807) is 38.1 Å². The molecular formula is C21H20N2O6. The molecule has 29 heavy (non-hydrogen) atoms. The van der Waals surface area contributed by atoms with Crippen LogP contribution in [0.25, 0.3) is 10.9 Å². The van der Waals surface area contributed by atoms with Crippen molar-refractivity contribution < 1.29 is 23.9 Å². The number of H-pyrrole nitrogens is 2. The molecule has 0 saturated heterocycles. The molecule has 8 nitrogen and oxygen atoms in total. The van der Waals surface area contributed by atoms with Gasteiger partial charge in [-0.1, -0.05) is 18.2 Å². The van der Waals surface area contributed by atoms with Gasteiger partial charge in [0.05, 0.1) is 23.9 Å². The molecule has 0 saturated carbocycles. The van der Waals surface area contributed by atoms with Crippen LogP contribution >= 0.6 is 0 Å². The molecule has 1 unspecified atom stereocenters. The van der Waals surface area contributed by atoms with Gasteiger partial charge in [0.2, 0.25) is 11.3 Å². The number of carbonyl (C=O) groups is 3. The van der Waals surface area contributed by atoms with Gasteiger partial charge in [0.15, 0.2) is 6.10 Å². The first kappa shape index (κ1) is 20.1. The lowest BCUT2D eigenvalue weighted by Crippen LogP contribution is -2.26. The predicted octanol–water partition coefficient (Wildman–Crippen LogP) is 2.69. The molecule has 0 radical (unpaired) electrons. The first-order valence-corrected chi connectivity index (χ1v) is 8.89. The fraction of sp³-hybridized carbons (Fsp3) is 0.238. The maximum absolute atomic E-state index is 12.8. The normalized spacial score (nSPS) is 11.9. The highest BCUT2D eigenvalue weighted by atomic mass is 16.5. The van der Waals surface area contributed by atoms with E-state index in [2.05, 4.69) is 9.97 Å². The number of nitrogens with one attached hydrogen (secondary N) is 2. The zero-order chi connectivity index (χ0) is 21.3. The first-order chi connectivity index (χ1) is 13.7. The fourth-order valence-corrected chi connectivity index (χ4v) is 3.26. The van der Waals surface area contributed by atoms with Crippen LogP contribution < -0.4 is 5.56 Å². The van der Waals surface area contributed by atoms with E-state index in [1.165, 1.54) is 14.0 Å². The summed E-state index contributed by atoms with van der Waals surface area (Å²) in [7, 11) is 1.26. The second-order valence-electron chi connectivity index (χ2n) is 6.62.